The molecule has 2 aliphatic rings. The Bertz CT molecular complexity index is 604. The van der Waals surface area contributed by atoms with Crippen LogP contribution in [0.5, 0.6) is 0 Å². The predicted octanol–water partition coefficient (Wildman–Crippen LogP) is 3.12. The highest BCUT2D eigenvalue weighted by atomic mass is 19.4. The zero-order valence-electron chi connectivity index (χ0n) is 15.3. The Morgan fingerprint density at radius 3 is 2.63 bits per heavy atom. The van der Waals surface area contributed by atoms with E-state index in [0.29, 0.717) is 39.1 Å². The molecule has 5 nitrogen and oxygen atoms in total. The van der Waals surface area contributed by atoms with Crippen LogP contribution in [0, 0.1) is 11.8 Å². The summed E-state index contributed by atoms with van der Waals surface area (Å²) in [5.74, 6) is 0.639. The summed E-state index contributed by atoms with van der Waals surface area (Å²) in [6, 6.07) is 5.72. The fraction of sp³-hybridized carbons (Fsp3) is 0.684. The van der Waals surface area contributed by atoms with Crippen LogP contribution < -0.4 is 4.90 Å². The van der Waals surface area contributed by atoms with Crippen molar-refractivity contribution in [2.45, 2.75) is 31.9 Å². The average molecular weight is 385 g/mol. The third-order valence-corrected chi connectivity index (χ3v) is 5.30. The van der Waals surface area contributed by atoms with Crippen LogP contribution >= 0.6 is 0 Å². The first-order valence-corrected chi connectivity index (χ1v) is 9.52. The quantitative estimate of drug-likeness (QED) is 0.729. The van der Waals surface area contributed by atoms with Crippen LogP contribution in [0.25, 0.3) is 0 Å². The third-order valence-electron chi connectivity index (χ3n) is 5.30. The molecule has 0 bridgehead atoms. The molecular weight excluding hydrogens is 359 g/mol. The molecule has 0 saturated carbocycles. The first kappa shape index (κ1) is 19.9. The smallest absolute Gasteiger partial charge is 0.401 e. The SMILES string of the molecule is O=C(OCC1CCN(CC(F)(F)F)CC1)C1CCCN(c2ccccn2)C1. The number of piperidine rings is 2. The number of anilines is 1. The van der Waals surface area contributed by atoms with Crippen molar-refractivity contribution in [3.05, 3.63) is 24.4 Å². The van der Waals surface area contributed by atoms with E-state index in [2.05, 4.69) is 9.88 Å². The largest absolute Gasteiger partial charge is 0.465 e. The van der Waals surface area contributed by atoms with Crippen molar-refractivity contribution in [1.82, 2.24) is 9.88 Å². The van der Waals surface area contributed by atoms with Crippen LogP contribution in [0.1, 0.15) is 25.7 Å². The van der Waals surface area contributed by atoms with Gasteiger partial charge >= 0.3 is 12.1 Å². The number of pyridine rings is 1. The Labute approximate surface area is 157 Å². The van der Waals surface area contributed by atoms with Gasteiger partial charge in [-0.1, -0.05) is 6.07 Å². The van der Waals surface area contributed by atoms with Crippen LogP contribution in [-0.4, -0.2) is 61.4 Å². The van der Waals surface area contributed by atoms with Gasteiger partial charge in [0.1, 0.15) is 5.82 Å². The molecule has 0 aromatic carbocycles. The van der Waals surface area contributed by atoms with Gasteiger partial charge in [0.05, 0.1) is 19.1 Å². The number of carbonyl (C=O) groups is 1. The summed E-state index contributed by atoms with van der Waals surface area (Å²) in [4.78, 5) is 20.3. The van der Waals surface area contributed by atoms with E-state index in [9.17, 15) is 18.0 Å². The predicted molar refractivity (Wildman–Crippen MR) is 95.4 cm³/mol. The number of alkyl halides is 3. The molecule has 1 unspecified atom stereocenters. The van der Waals surface area contributed by atoms with Crippen LogP contribution in [-0.2, 0) is 9.53 Å². The number of halogens is 3. The van der Waals surface area contributed by atoms with Crippen molar-refractivity contribution in [3.63, 3.8) is 0 Å². The number of likely N-dealkylation sites (tertiary alicyclic amines) is 1. The zero-order chi connectivity index (χ0) is 19.3. The zero-order valence-corrected chi connectivity index (χ0v) is 15.3. The van der Waals surface area contributed by atoms with Gasteiger partial charge in [0.2, 0.25) is 0 Å². The van der Waals surface area contributed by atoms with Crippen molar-refractivity contribution < 1.29 is 22.7 Å². The average Bonchev–Trinajstić information content (AvgIpc) is 2.67. The van der Waals surface area contributed by atoms with Crippen molar-refractivity contribution >= 4 is 11.8 Å². The number of carbonyl (C=O) groups excluding carboxylic acids is 1. The second-order valence-electron chi connectivity index (χ2n) is 7.44. The molecule has 0 aliphatic carbocycles. The van der Waals surface area contributed by atoms with E-state index in [-0.39, 0.29) is 17.8 Å². The van der Waals surface area contributed by atoms with Crippen molar-refractivity contribution in [1.29, 1.82) is 0 Å². The van der Waals surface area contributed by atoms with E-state index in [0.717, 1.165) is 25.2 Å². The lowest BCUT2D eigenvalue weighted by Crippen LogP contribution is -2.42. The second kappa shape index (κ2) is 8.91. The Balaban J connectivity index is 1.41. The van der Waals surface area contributed by atoms with Gasteiger partial charge in [-0.2, -0.15) is 13.2 Å². The number of hydrogen-bond acceptors (Lipinski definition) is 5. The molecule has 8 heteroatoms. The van der Waals surface area contributed by atoms with E-state index in [4.69, 9.17) is 4.74 Å². The molecule has 3 heterocycles. The molecule has 27 heavy (non-hydrogen) atoms. The van der Waals surface area contributed by atoms with E-state index in [1.165, 1.54) is 4.90 Å². The standard InChI is InChI=1S/C19H26F3N3O2/c20-19(21,22)14-24-10-6-15(7-11-24)13-27-18(26)16-4-3-9-25(12-16)17-5-1-2-8-23-17/h1-2,5,8,15-16H,3-4,6-7,9-14H2. The molecule has 3 rings (SSSR count). The van der Waals surface area contributed by atoms with E-state index in [1.807, 2.05) is 18.2 Å². The van der Waals surface area contributed by atoms with Gasteiger partial charge in [-0.15, -0.1) is 0 Å². The molecule has 1 atom stereocenters. The molecule has 1 aromatic heterocycles. The van der Waals surface area contributed by atoms with Crippen LogP contribution in [0.2, 0.25) is 0 Å². The molecule has 0 N–H and O–H groups in total. The van der Waals surface area contributed by atoms with Crippen LogP contribution in [0.4, 0.5) is 19.0 Å². The molecule has 2 aliphatic heterocycles. The number of esters is 1. The highest BCUT2D eigenvalue weighted by Crippen LogP contribution is 2.25. The number of nitrogens with zero attached hydrogens (tertiary/aromatic N) is 3. The van der Waals surface area contributed by atoms with Gasteiger partial charge in [0, 0.05) is 19.3 Å². The number of hydrogen-bond donors (Lipinski definition) is 0. The van der Waals surface area contributed by atoms with E-state index >= 15 is 0 Å². The Hall–Kier alpha value is -1.83. The summed E-state index contributed by atoms with van der Waals surface area (Å²) < 4.78 is 42.8. The number of ether oxygens (including phenoxy) is 1. The van der Waals surface area contributed by atoms with Crippen molar-refractivity contribution in [2.75, 3.05) is 44.2 Å². The topological polar surface area (TPSA) is 45.7 Å². The molecule has 2 saturated heterocycles. The maximum atomic E-state index is 12.4. The minimum atomic E-state index is -4.15. The van der Waals surface area contributed by atoms with Gasteiger partial charge < -0.3 is 9.64 Å². The Morgan fingerprint density at radius 1 is 1.19 bits per heavy atom. The van der Waals surface area contributed by atoms with E-state index in [1.54, 1.807) is 6.20 Å². The van der Waals surface area contributed by atoms with Gasteiger partial charge in [0.25, 0.3) is 0 Å². The first-order chi connectivity index (χ1) is 12.9. The summed E-state index contributed by atoms with van der Waals surface area (Å²) >= 11 is 0. The maximum Gasteiger partial charge on any atom is 0.401 e. The number of aromatic nitrogens is 1. The lowest BCUT2D eigenvalue weighted by Gasteiger charge is -2.34. The minimum absolute atomic E-state index is 0.147. The summed E-state index contributed by atoms with van der Waals surface area (Å²) in [5, 5.41) is 0. The highest BCUT2D eigenvalue weighted by Gasteiger charge is 2.33. The maximum absolute atomic E-state index is 12.4. The molecule has 150 valence electrons. The summed E-state index contributed by atoms with van der Waals surface area (Å²) in [6.07, 6.45) is 0.558. The van der Waals surface area contributed by atoms with E-state index < -0.39 is 12.7 Å². The Kier molecular flexibility index (Phi) is 6.57. The number of rotatable bonds is 5. The molecular formula is C19H26F3N3O2. The highest BCUT2D eigenvalue weighted by molar-refractivity contribution is 5.73. The third kappa shape index (κ3) is 6.09. The first-order valence-electron chi connectivity index (χ1n) is 9.52. The summed E-state index contributed by atoms with van der Waals surface area (Å²) in [5.41, 5.74) is 0. The van der Waals surface area contributed by atoms with Crippen LogP contribution in [0.15, 0.2) is 24.4 Å². The molecule has 1 aromatic rings. The fourth-order valence-electron chi connectivity index (χ4n) is 3.80. The van der Waals surface area contributed by atoms with Crippen molar-refractivity contribution in [2.24, 2.45) is 11.8 Å². The lowest BCUT2D eigenvalue weighted by molar-refractivity contribution is -0.153. The lowest BCUT2D eigenvalue weighted by atomic mass is 9.96. The second-order valence-corrected chi connectivity index (χ2v) is 7.44. The van der Waals surface area contributed by atoms with Gasteiger partial charge in [0.15, 0.2) is 0 Å². The molecule has 2 fully saturated rings. The molecule has 0 radical (unpaired) electrons. The normalized spacial score (nSPS) is 22.6. The summed E-state index contributed by atoms with van der Waals surface area (Å²) in [6.45, 7) is 1.72. The van der Waals surface area contributed by atoms with Crippen molar-refractivity contribution in [3.8, 4) is 0 Å². The van der Waals surface area contributed by atoms with Gasteiger partial charge in [-0.3, -0.25) is 9.69 Å². The fourth-order valence-corrected chi connectivity index (χ4v) is 3.80. The minimum Gasteiger partial charge on any atom is -0.465 e. The van der Waals surface area contributed by atoms with Gasteiger partial charge in [-0.25, -0.2) is 4.98 Å². The summed E-state index contributed by atoms with van der Waals surface area (Å²) in [7, 11) is 0. The van der Waals surface area contributed by atoms with Crippen LogP contribution in [0.3, 0.4) is 0 Å². The Morgan fingerprint density at radius 2 is 1.96 bits per heavy atom. The van der Waals surface area contributed by atoms with Gasteiger partial charge in [-0.05, 0) is 56.8 Å². The molecule has 0 spiro atoms. The molecule has 0 amide bonds. The monoisotopic (exact) mass is 385 g/mol.